The van der Waals surface area contributed by atoms with Crippen molar-refractivity contribution in [3.63, 3.8) is 0 Å². The van der Waals surface area contributed by atoms with Crippen LogP contribution in [0.1, 0.15) is 58.2 Å². The molecule has 0 aromatic carbocycles. The third-order valence-corrected chi connectivity index (χ3v) is 5.21. The van der Waals surface area contributed by atoms with E-state index in [1.165, 1.54) is 32.1 Å². The van der Waals surface area contributed by atoms with Gasteiger partial charge in [0.25, 0.3) is 14.2 Å². The van der Waals surface area contributed by atoms with Crippen LogP contribution in [0.5, 0.6) is 0 Å². The molecular formula is C14H24ClN3O2S. The van der Waals surface area contributed by atoms with Crippen molar-refractivity contribution in [2.24, 2.45) is 11.8 Å². The lowest BCUT2D eigenvalue weighted by Gasteiger charge is -2.21. The van der Waals surface area contributed by atoms with Gasteiger partial charge in [0.15, 0.2) is 0 Å². The molecule has 1 saturated carbocycles. The minimum atomic E-state index is -3.84. The molecule has 0 unspecified atom stereocenters. The van der Waals surface area contributed by atoms with Crippen LogP contribution in [-0.4, -0.2) is 23.2 Å². The summed E-state index contributed by atoms with van der Waals surface area (Å²) >= 11 is 0. The Morgan fingerprint density at radius 3 is 2.48 bits per heavy atom. The van der Waals surface area contributed by atoms with Gasteiger partial charge in [-0.3, -0.25) is 0 Å². The van der Waals surface area contributed by atoms with Crippen molar-refractivity contribution in [2.45, 2.75) is 70.5 Å². The molecule has 21 heavy (non-hydrogen) atoms. The van der Waals surface area contributed by atoms with E-state index in [2.05, 4.69) is 10.2 Å². The van der Waals surface area contributed by atoms with E-state index in [1.807, 2.05) is 13.8 Å². The predicted octanol–water partition coefficient (Wildman–Crippen LogP) is 3.37. The zero-order valence-corrected chi connectivity index (χ0v) is 14.3. The molecule has 0 N–H and O–H groups in total. The molecule has 1 aliphatic carbocycles. The highest BCUT2D eigenvalue weighted by molar-refractivity contribution is 8.13. The number of halogens is 1. The highest BCUT2D eigenvalue weighted by atomic mass is 35.7. The first-order valence-corrected chi connectivity index (χ1v) is 10.1. The molecule has 0 atom stereocenters. The summed E-state index contributed by atoms with van der Waals surface area (Å²) in [6, 6.07) is 0. The SMILES string of the molecule is CC(C)Cn1c(CCC2CCCCC2)nnc1S(=O)(=O)Cl. The topological polar surface area (TPSA) is 64.8 Å². The molecule has 0 bridgehead atoms. The molecule has 120 valence electrons. The lowest BCUT2D eigenvalue weighted by molar-refractivity contribution is 0.334. The zero-order valence-electron chi connectivity index (χ0n) is 12.8. The van der Waals surface area contributed by atoms with Gasteiger partial charge in [0, 0.05) is 23.6 Å². The molecule has 0 saturated heterocycles. The molecule has 1 fully saturated rings. The average Bonchev–Trinajstić information content (AvgIpc) is 2.79. The van der Waals surface area contributed by atoms with E-state index >= 15 is 0 Å². The minimum absolute atomic E-state index is 0.114. The molecule has 1 aromatic heterocycles. The normalized spacial score (nSPS) is 17.5. The Hall–Kier alpha value is -0.620. The molecule has 1 aromatic rings. The Balaban J connectivity index is 2.12. The maximum atomic E-state index is 11.6. The molecular weight excluding hydrogens is 310 g/mol. The lowest BCUT2D eigenvalue weighted by Crippen LogP contribution is -2.15. The summed E-state index contributed by atoms with van der Waals surface area (Å²) in [6.45, 7) is 4.65. The van der Waals surface area contributed by atoms with Crippen molar-refractivity contribution in [3.05, 3.63) is 5.82 Å². The van der Waals surface area contributed by atoms with Crippen LogP contribution in [0.4, 0.5) is 0 Å². The van der Waals surface area contributed by atoms with Gasteiger partial charge in [0.05, 0.1) is 0 Å². The first-order valence-electron chi connectivity index (χ1n) is 7.74. The number of aromatic nitrogens is 3. The van der Waals surface area contributed by atoms with E-state index in [0.29, 0.717) is 12.5 Å². The van der Waals surface area contributed by atoms with E-state index in [1.54, 1.807) is 4.57 Å². The van der Waals surface area contributed by atoms with Crippen molar-refractivity contribution in [1.82, 2.24) is 14.8 Å². The fourth-order valence-electron chi connectivity index (χ4n) is 3.04. The molecule has 0 spiro atoms. The molecule has 0 aliphatic heterocycles. The van der Waals surface area contributed by atoms with Crippen molar-refractivity contribution in [1.29, 1.82) is 0 Å². The van der Waals surface area contributed by atoms with Gasteiger partial charge in [-0.2, -0.15) is 0 Å². The van der Waals surface area contributed by atoms with Crippen LogP contribution >= 0.6 is 10.7 Å². The second kappa shape index (κ2) is 7.09. The molecule has 1 aliphatic rings. The molecule has 7 heteroatoms. The largest absolute Gasteiger partial charge is 0.301 e. The standard InChI is InChI=1S/C14H24ClN3O2S/c1-11(2)10-18-13(16-17-14(18)21(15,19)20)9-8-12-6-4-3-5-7-12/h11-12H,3-10H2,1-2H3. The van der Waals surface area contributed by atoms with Gasteiger partial charge >= 0.3 is 0 Å². The summed E-state index contributed by atoms with van der Waals surface area (Å²) in [5.41, 5.74) is 0. The molecule has 2 rings (SSSR count). The maximum Gasteiger partial charge on any atom is 0.296 e. The molecule has 0 radical (unpaired) electrons. The summed E-state index contributed by atoms with van der Waals surface area (Å²) < 4.78 is 24.9. The van der Waals surface area contributed by atoms with Crippen molar-refractivity contribution < 1.29 is 8.42 Å². The van der Waals surface area contributed by atoms with Gasteiger partial charge in [-0.25, -0.2) is 8.42 Å². The predicted molar refractivity (Wildman–Crippen MR) is 82.8 cm³/mol. The van der Waals surface area contributed by atoms with Gasteiger partial charge in [-0.05, 0) is 18.3 Å². The number of rotatable bonds is 6. The average molecular weight is 334 g/mol. The zero-order chi connectivity index (χ0) is 15.5. The Bertz CT molecular complexity index is 563. The van der Waals surface area contributed by atoms with Crippen LogP contribution in [0.3, 0.4) is 0 Å². The van der Waals surface area contributed by atoms with E-state index in [4.69, 9.17) is 10.7 Å². The summed E-state index contributed by atoms with van der Waals surface area (Å²) in [5, 5.41) is 7.75. The summed E-state index contributed by atoms with van der Waals surface area (Å²) in [6.07, 6.45) is 8.34. The Morgan fingerprint density at radius 1 is 1.24 bits per heavy atom. The number of hydrogen-bond donors (Lipinski definition) is 0. The lowest BCUT2D eigenvalue weighted by atomic mass is 9.86. The second-order valence-electron chi connectivity index (χ2n) is 6.38. The highest BCUT2D eigenvalue weighted by Crippen LogP contribution is 2.27. The monoisotopic (exact) mass is 333 g/mol. The van der Waals surface area contributed by atoms with Crippen LogP contribution in [-0.2, 0) is 22.0 Å². The molecule has 0 amide bonds. The molecule has 5 nitrogen and oxygen atoms in total. The van der Waals surface area contributed by atoms with Gasteiger partial charge in [0.1, 0.15) is 5.82 Å². The number of aryl methyl sites for hydroxylation is 1. The third kappa shape index (κ3) is 4.68. The Kier molecular flexibility index (Phi) is 5.66. The van der Waals surface area contributed by atoms with Crippen LogP contribution < -0.4 is 0 Å². The van der Waals surface area contributed by atoms with Crippen LogP contribution in [0.25, 0.3) is 0 Å². The maximum absolute atomic E-state index is 11.6. The minimum Gasteiger partial charge on any atom is -0.301 e. The van der Waals surface area contributed by atoms with Crippen LogP contribution in [0.15, 0.2) is 5.16 Å². The number of hydrogen-bond acceptors (Lipinski definition) is 4. The summed E-state index contributed by atoms with van der Waals surface area (Å²) in [7, 11) is 1.62. The van der Waals surface area contributed by atoms with Gasteiger partial charge in [-0.1, -0.05) is 46.0 Å². The Labute approximate surface area is 131 Å². The highest BCUT2D eigenvalue weighted by Gasteiger charge is 2.23. The van der Waals surface area contributed by atoms with Crippen molar-refractivity contribution in [2.75, 3.05) is 0 Å². The number of nitrogens with zero attached hydrogens (tertiary/aromatic N) is 3. The van der Waals surface area contributed by atoms with Gasteiger partial charge in [-0.15, -0.1) is 10.2 Å². The van der Waals surface area contributed by atoms with Crippen LogP contribution in [0, 0.1) is 11.8 Å². The fourth-order valence-corrected chi connectivity index (χ4v) is 3.97. The summed E-state index contributed by atoms with van der Waals surface area (Å²) in [4.78, 5) is 0. The van der Waals surface area contributed by atoms with Gasteiger partial charge in [0.2, 0.25) is 0 Å². The Morgan fingerprint density at radius 2 is 1.90 bits per heavy atom. The van der Waals surface area contributed by atoms with Crippen LogP contribution in [0.2, 0.25) is 0 Å². The van der Waals surface area contributed by atoms with E-state index < -0.39 is 9.05 Å². The third-order valence-electron chi connectivity index (χ3n) is 4.06. The van der Waals surface area contributed by atoms with Crippen molar-refractivity contribution in [3.8, 4) is 0 Å². The fraction of sp³-hybridized carbons (Fsp3) is 0.857. The van der Waals surface area contributed by atoms with Crippen molar-refractivity contribution >= 4 is 19.7 Å². The smallest absolute Gasteiger partial charge is 0.296 e. The first-order chi connectivity index (χ1) is 9.88. The van der Waals surface area contributed by atoms with E-state index in [-0.39, 0.29) is 5.16 Å². The van der Waals surface area contributed by atoms with E-state index in [0.717, 1.165) is 24.6 Å². The van der Waals surface area contributed by atoms with Gasteiger partial charge < -0.3 is 4.57 Å². The first kappa shape index (κ1) is 16.7. The second-order valence-corrected chi connectivity index (χ2v) is 8.84. The quantitative estimate of drug-likeness (QED) is 0.748. The van der Waals surface area contributed by atoms with E-state index in [9.17, 15) is 8.42 Å². The summed E-state index contributed by atoms with van der Waals surface area (Å²) in [5.74, 6) is 1.79. The molecule has 1 heterocycles.